The number of hydrogen-bond acceptors (Lipinski definition) is 6. The maximum absolute atomic E-state index is 13.0. The van der Waals surface area contributed by atoms with E-state index < -0.39 is 18.4 Å². The molecule has 0 saturated carbocycles. The number of amides is 1. The van der Waals surface area contributed by atoms with Gasteiger partial charge in [0.2, 0.25) is 0 Å². The first-order valence-corrected chi connectivity index (χ1v) is 9.91. The first kappa shape index (κ1) is 20.1. The van der Waals surface area contributed by atoms with Crippen LogP contribution in [0.3, 0.4) is 0 Å². The van der Waals surface area contributed by atoms with Crippen molar-refractivity contribution in [1.29, 1.82) is 0 Å². The summed E-state index contributed by atoms with van der Waals surface area (Å²) in [4.78, 5) is 19.0. The number of hydrogen-bond donors (Lipinski definition) is 0. The maximum Gasteiger partial charge on any atom is 0.422 e. The van der Waals surface area contributed by atoms with Crippen molar-refractivity contribution in [3.05, 3.63) is 45.9 Å². The number of nitrogens with zero attached hydrogens (tertiary/aromatic N) is 2. The molecular formula is C19H19F3N2O4S. The first-order chi connectivity index (χ1) is 13.8. The molecule has 10 heteroatoms. The van der Waals surface area contributed by atoms with Gasteiger partial charge in [-0.3, -0.25) is 4.79 Å². The maximum atomic E-state index is 13.0. The molecule has 3 heterocycles. The molecule has 1 aromatic heterocycles. The second kappa shape index (κ2) is 7.58. The van der Waals surface area contributed by atoms with Crippen LogP contribution < -0.4 is 4.74 Å². The van der Waals surface area contributed by atoms with Gasteiger partial charge in [0, 0.05) is 30.1 Å². The van der Waals surface area contributed by atoms with Crippen molar-refractivity contribution in [2.24, 2.45) is 0 Å². The summed E-state index contributed by atoms with van der Waals surface area (Å²) in [5.74, 6) is -0.105. The van der Waals surface area contributed by atoms with Crippen LogP contribution in [0.1, 0.15) is 27.3 Å². The van der Waals surface area contributed by atoms with Gasteiger partial charge in [0.25, 0.3) is 5.91 Å². The molecule has 6 nitrogen and oxygen atoms in total. The second-order valence-corrected chi connectivity index (χ2v) is 7.92. The third-order valence-electron chi connectivity index (χ3n) is 5.14. The highest BCUT2D eigenvalue weighted by atomic mass is 32.1. The van der Waals surface area contributed by atoms with Crippen LogP contribution >= 0.6 is 11.3 Å². The fourth-order valence-electron chi connectivity index (χ4n) is 3.68. The zero-order chi connectivity index (χ0) is 20.6. The zero-order valence-electron chi connectivity index (χ0n) is 15.6. The molecule has 0 aliphatic carbocycles. The van der Waals surface area contributed by atoms with E-state index >= 15 is 0 Å². The van der Waals surface area contributed by atoms with Gasteiger partial charge in [-0.25, -0.2) is 4.98 Å². The van der Waals surface area contributed by atoms with E-state index in [2.05, 4.69) is 4.98 Å². The SMILES string of the molecule is Cc1cc(C(=O)N2CC[C@@]3(c4nccs4)OCOC3C2)ccc1OCC(F)(F)F. The molecule has 2 aliphatic rings. The van der Waals surface area contributed by atoms with Crippen molar-refractivity contribution in [2.75, 3.05) is 26.5 Å². The summed E-state index contributed by atoms with van der Waals surface area (Å²) in [6, 6.07) is 4.42. The average Bonchev–Trinajstić information content (AvgIpc) is 3.35. The van der Waals surface area contributed by atoms with Crippen molar-refractivity contribution in [3.63, 3.8) is 0 Å². The van der Waals surface area contributed by atoms with E-state index in [9.17, 15) is 18.0 Å². The Hall–Kier alpha value is -2.17. The van der Waals surface area contributed by atoms with Crippen molar-refractivity contribution in [3.8, 4) is 5.75 Å². The van der Waals surface area contributed by atoms with Gasteiger partial charge in [-0.05, 0) is 30.7 Å². The number of carbonyl (C=O) groups is 1. The molecule has 0 bridgehead atoms. The molecule has 2 aliphatic heterocycles. The number of fused-ring (bicyclic) bond motifs is 1. The monoisotopic (exact) mass is 428 g/mol. The normalized spacial score (nSPS) is 24.4. The lowest BCUT2D eigenvalue weighted by molar-refractivity contribution is -0.153. The van der Waals surface area contributed by atoms with Crippen LogP contribution in [0.25, 0.3) is 0 Å². The molecule has 4 rings (SSSR count). The van der Waals surface area contributed by atoms with Gasteiger partial charge in [0.1, 0.15) is 23.7 Å². The Balaban J connectivity index is 1.46. The lowest BCUT2D eigenvalue weighted by Gasteiger charge is -2.40. The van der Waals surface area contributed by atoms with Crippen LogP contribution in [0, 0.1) is 6.92 Å². The van der Waals surface area contributed by atoms with E-state index in [0.717, 1.165) is 5.01 Å². The molecule has 2 atom stereocenters. The Morgan fingerprint density at radius 1 is 1.45 bits per heavy atom. The molecule has 1 aromatic carbocycles. The van der Waals surface area contributed by atoms with Crippen molar-refractivity contribution < 1.29 is 32.2 Å². The average molecular weight is 428 g/mol. The van der Waals surface area contributed by atoms with Gasteiger partial charge >= 0.3 is 6.18 Å². The van der Waals surface area contributed by atoms with Crippen LogP contribution in [-0.2, 0) is 15.1 Å². The topological polar surface area (TPSA) is 60.9 Å². The molecule has 0 spiro atoms. The first-order valence-electron chi connectivity index (χ1n) is 9.03. The van der Waals surface area contributed by atoms with E-state index in [1.165, 1.54) is 23.5 Å². The number of halogens is 3. The zero-order valence-corrected chi connectivity index (χ0v) is 16.4. The molecule has 1 unspecified atom stereocenters. The Bertz CT molecular complexity index is 890. The number of ether oxygens (including phenoxy) is 3. The van der Waals surface area contributed by atoms with E-state index in [4.69, 9.17) is 14.2 Å². The van der Waals surface area contributed by atoms with Crippen molar-refractivity contribution in [2.45, 2.75) is 31.2 Å². The Morgan fingerprint density at radius 3 is 2.97 bits per heavy atom. The van der Waals surface area contributed by atoms with E-state index in [1.807, 2.05) is 5.38 Å². The second-order valence-electron chi connectivity index (χ2n) is 7.03. The van der Waals surface area contributed by atoms with Crippen LogP contribution in [0.4, 0.5) is 13.2 Å². The minimum atomic E-state index is -4.41. The molecule has 1 amide bonds. The van der Waals surface area contributed by atoms with Crippen molar-refractivity contribution >= 4 is 17.2 Å². The highest BCUT2D eigenvalue weighted by Gasteiger charge is 2.52. The minimum Gasteiger partial charge on any atom is -0.484 e. The summed E-state index contributed by atoms with van der Waals surface area (Å²) in [6.45, 7) is 1.20. The predicted molar refractivity (Wildman–Crippen MR) is 97.9 cm³/mol. The van der Waals surface area contributed by atoms with Gasteiger partial charge in [-0.2, -0.15) is 13.2 Å². The smallest absolute Gasteiger partial charge is 0.422 e. The Morgan fingerprint density at radius 2 is 2.28 bits per heavy atom. The van der Waals surface area contributed by atoms with Gasteiger partial charge in [0.15, 0.2) is 12.2 Å². The molecule has 0 N–H and O–H groups in total. The molecule has 29 heavy (non-hydrogen) atoms. The van der Waals surface area contributed by atoms with E-state index in [0.29, 0.717) is 30.6 Å². The standard InChI is InChI=1S/C19H19F3N2O4S/c1-12-8-13(2-3-14(12)26-10-19(20,21)22)16(25)24-6-4-18(17-23-5-7-29-17)15(9-24)27-11-28-18/h2-3,5,7-8,15H,4,6,9-11H2,1H3/t15?,18-/m1/s1. The number of benzene rings is 1. The summed E-state index contributed by atoms with van der Waals surface area (Å²) in [6.07, 6.45) is -2.46. The van der Waals surface area contributed by atoms with Crippen LogP contribution in [-0.4, -0.2) is 54.6 Å². The predicted octanol–water partition coefficient (Wildman–Crippen LogP) is 3.51. The summed E-state index contributed by atoms with van der Waals surface area (Å²) >= 11 is 1.50. The highest BCUT2D eigenvalue weighted by Crippen LogP contribution is 2.43. The molecule has 2 fully saturated rings. The third-order valence-corrected chi connectivity index (χ3v) is 6.07. The number of piperidine rings is 1. The molecule has 2 saturated heterocycles. The van der Waals surface area contributed by atoms with Crippen molar-refractivity contribution in [1.82, 2.24) is 9.88 Å². The van der Waals surface area contributed by atoms with Crippen LogP contribution in [0.5, 0.6) is 5.75 Å². The summed E-state index contributed by atoms with van der Waals surface area (Å²) in [7, 11) is 0. The number of thiazole rings is 1. The van der Waals surface area contributed by atoms with Crippen LogP contribution in [0.15, 0.2) is 29.8 Å². The fourth-order valence-corrected chi connectivity index (χ4v) is 4.55. The number of likely N-dealkylation sites (tertiary alicyclic amines) is 1. The Kier molecular flexibility index (Phi) is 5.26. The number of aromatic nitrogens is 1. The Labute approximate surface area is 169 Å². The van der Waals surface area contributed by atoms with Crippen LogP contribution in [0.2, 0.25) is 0 Å². The van der Waals surface area contributed by atoms with E-state index in [-0.39, 0.29) is 24.6 Å². The quantitative estimate of drug-likeness (QED) is 0.746. The fraction of sp³-hybridized carbons (Fsp3) is 0.474. The van der Waals surface area contributed by atoms with Gasteiger partial charge < -0.3 is 19.1 Å². The third kappa shape index (κ3) is 3.96. The summed E-state index contributed by atoms with van der Waals surface area (Å²) in [5, 5.41) is 2.72. The summed E-state index contributed by atoms with van der Waals surface area (Å²) in [5.41, 5.74) is 0.230. The lowest BCUT2D eigenvalue weighted by atomic mass is 9.88. The largest absolute Gasteiger partial charge is 0.484 e. The lowest BCUT2D eigenvalue weighted by Crippen LogP contribution is -2.53. The number of carbonyl (C=O) groups excluding carboxylic acids is 1. The molecule has 2 aromatic rings. The van der Waals surface area contributed by atoms with Gasteiger partial charge in [-0.1, -0.05) is 0 Å². The van der Waals surface area contributed by atoms with E-state index in [1.54, 1.807) is 24.1 Å². The molecule has 156 valence electrons. The summed E-state index contributed by atoms with van der Waals surface area (Å²) < 4.78 is 53.5. The van der Waals surface area contributed by atoms with Gasteiger partial charge in [-0.15, -0.1) is 11.3 Å². The number of alkyl halides is 3. The number of aryl methyl sites for hydroxylation is 1. The molecular weight excluding hydrogens is 409 g/mol. The van der Waals surface area contributed by atoms with Gasteiger partial charge in [0.05, 0.1) is 6.54 Å². The number of rotatable bonds is 4. The highest BCUT2D eigenvalue weighted by molar-refractivity contribution is 7.09. The minimum absolute atomic E-state index is 0.104. The molecule has 0 radical (unpaired) electrons.